The molecule has 0 heterocycles. The minimum Gasteiger partial charge on any atom is -0.465 e. The van der Waals surface area contributed by atoms with E-state index in [2.05, 4.69) is 5.32 Å². The summed E-state index contributed by atoms with van der Waals surface area (Å²) < 4.78 is 4.76. The average molecular weight is 378 g/mol. The number of benzene rings is 2. The lowest BCUT2D eigenvalue weighted by Crippen LogP contribution is -2.13. The predicted molar refractivity (Wildman–Crippen MR) is 101 cm³/mol. The number of nitrogens with one attached hydrogen (secondary N) is 1. The maximum absolute atomic E-state index is 12.3. The number of methoxy groups -OCH3 is 1. The number of halogens is 2. The van der Waals surface area contributed by atoms with Crippen molar-refractivity contribution in [2.24, 2.45) is 0 Å². The molecule has 0 aliphatic heterocycles. The average Bonchev–Trinajstić information content (AvgIpc) is 2.58. The summed E-state index contributed by atoms with van der Waals surface area (Å²) in [5.41, 5.74) is 3.07. The Morgan fingerprint density at radius 2 is 1.80 bits per heavy atom. The molecule has 0 aliphatic rings. The maximum atomic E-state index is 12.3. The van der Waals surface area contributed by atoms with Crippen molar-refractivity contribution in [2.75, 3.05) is 12.4 Å². The van der Waals surface area contributed by atoms with Crippen LogP contribution in [0.2, 0.25) is 10.0 Å². The lowest BCUT2D eigenvalue weighted by molar-refractivity contribution is -0.111. The summed E-state index contributed by atoms with van der Waals surface area (Å²) in [6, 6.07) is 10.3. The minimum atomic E-state index is -0.510. The minimum absolute atomic E-state index is 0.302. The van der Waals surface area contributed by atoms with Gasteiger partial charge in [0.2, 0.25) is 5.91 Å². The van der Waals surface area contributed by atoms with E-state index in [1.165, 1.54) is 13.2 Å². The SMILES string of the molecule is COC(=O)c1cc(C)ccc1NC(=O)C=C(C)c1ccc(Cl)c(Cl)c1. The third-order valence-electron chi connectivity index (χ3n) is 3.56. The van der Waals surface area contributed by atoms with Gasteiger partial charge in [-0.25, -0.2) is 4.79 Å². The first-order valence-corrected chi connectivity index (χ1v) is 8.21. The number of aryl methyl sites for hydroxylation is 1. The zero-order valence-electron chi connectivity index (χ0n) is 14.0. The van der Waals surface area contributed by atoms with Gasteiger partial charge in [0.1, 0.15) is 0 Å². The van der Waals surface area contributed by atoms with Gasteiger partial charge in [0, 0.05) is 6.08 Å². The van der Waals surface area contributed by atoms with E-state index in [1.807, 2.05) is 6.92 Å². The van der Waals surface area contributed by atoms with E-state index in [1.54, 1.807) is 43.3 Å². The number of rotatable bonds is 4. The van der Waals surface area contributed by atoms with Crippen molar-refractivity contribution < 1.29 is 14.3 Å². The zero-order chi connectivity index (χ0) is 18.6. The molecule has 130 valence electrons. The van der Waals surface area contributed by atoms with E-state index < -0.39 is 5.97 Å². The van der Waals surface area contributed by atoms with Gasteiger partial charge in [-0.1, -0.05) is 40.9 Å². The topological polar surface area (TPSA) is 55.4 Å². The fourth-order valence-corrected chi connectivity index (χ4v) is 2.53. The van der Waals surface area contributed by atoms with Crippen molar-refractivity contribution in [3.63, 3.8) is 0 Å². The maximum Gasteiger partial charge on any atom is 0.339 e. The van der Waals surface area contributed by atoms with Gasteiger partial charge in [0.15, 0.2) is 0 Å². The molecular formula is C19H17Cl2NO3. The molecule has 0 spiro atoms. The number of carbonyl (C=O) groups excluding carboxylic acids is 2. The van der Waals surface area contributed by atoms with Gasteiger partial charge in [-0.3, -0.25) is 4.79 Å². The van der Waals surface area contributed by atoms with Crippen molar-refractivity contribution >= 4 is 46.3 Å². The molecule has 4 nitrogen and oxygen atoms in total. The van der Waals surface area contributed by atoms with Crippen LogP contribution in [0.3, 0.4) is 0 Å². The highest BCUT2D eigenvalue weighted by molar-refractivity contribution is 6.42. The van der Waals surface area contributed by atoms with Crippen LogP contribution in [0.1, 0.15) is 28.4 Å². The van der Waals surface area contributed by atoms with Crippen LogP contribution in [-0.4, -0.2) is 19.0 Å². The van der Waals surface area contributed by atoms with Gasteiger partial charge in [-0.05, 0) is 49.2 Å². The smallest absolute Gasteiger partial charge is 0.339 e. The quantitative estimate of drug-likeness (QED) is 0.593. The normalized spacial score (nSPS) is 11.2. The Morgan fingerprint density at radius 1 is 1.08 bits per heavy atom. The molecule has 0 bridgehead atoms. The van der Waals surface area contributed by atoms with E-state index in [-0.39, 0.29) is 5.91 Å². The third kappa shape index (κ3) is 4.84. The summed E-state index contributed by atoms with van der Waals surface area (Å²) in [6.45, 7) is 3.64. The zero-order valence-corrected chi connectivity index (χ0v) is 15.5. The molecule has 1 N–H and O–H groups in total. The van der Waals surface area contributed by atoms with Gasteiger partial charge in [-0.2, -0.15) is 0 Å². The van der Waals surface area contributed by atoms with Crippen molar-refractivity contribution in [2.45, 2.75) is 13.8 Å². The van der Waals surface area contributed by atoms with Crippen LogP contribution in [0.25, 0.3) is 5.57 Å². The molecule has 0 radical (unpaired) electrons. The Labute approximate surface area is 156 Å². The molecule has 0 unspecified atom stereocenters. The first kappa shape index (κ1) is 19.0. The van der Waals surface area contributed by atoms with E-state index in [9.17, 15) is 9.59 Å². The van der Waals surface area contributed by atoms with E-state index >= 15 is 0 Å². The van der Waals surface area contributed by atoms with E-state index in [0.717, 1.165) is 11.1 Å². The number of hydrogen-bond acceptors (Lipinski definition) is 3. The molecule has 0 fully saturated rings. The number of anilines is 1. The third-order valence-corrected chi connectivity index (χ3v) is 4.30. The molecule has 25 heavy (non-hydrogen) atoms. The number of hydrogen-bond donors (Lipinski definition) is 1. The Bertz CT molecular complexity index is 860. The van der Waals surface area contributed by atoms with Crippen LogP contribution < -0.4 is 5.32 Å². The molecule has 0 atom stereocenters. The van der Waals surface area contributed by atoms with Gasteiger partial charge < -0.3 is 10.1 Å². The summed E-state index contributed by atoms with van der Waals surface area (Å²) in [5.74, 6) is -0.873. The molecular weight excluding hydrogens is 361 g/mol. The summed E-state index contributed by atoms with van der Waals surface area (Å²) in [5, 5.41) is 3.57. The second-order valence-corrected chi connectivity index (χ2v) is 6.30. The summed E-state index contributed by atoms with van der Waals surface area (Å²) in [4.78, 5) is 24.2. The Morgan fingerprint density at radius 3 is 2.44 bits per heavy atom. The van der Waals surface area contributed by atoms with Gasteiger partial charge >= 0.3 is 5.97 Å². The van der Waals surface area contributed by atoms with Crippen LogP contribution >= 0.6 is 23.2 Å². The highest BCUT2D eigenvalue weighted by Crippen LogP contribution is 2.26. The second kappa shape index (κ2) is 8.19. The molecule has 0 aromatic heterocycles. The fourth-order valence-electron chi connectivity index (χ4n) is 2.24. The summed E-state index contributed by atoms with van der Waals surface area (Å²) in [7, 11) is 1.30. The second-order valence-electron chi connectivity index (χ2n) is 5.49. The van der Waals surface area contributed by atoms with E-state index in [4.69, 9.17) is 27.9 Å². The van der Waals surface area contributed by atoms with Gasteiger partial charge in [0.25, 0.3) is 0 Å². The summed E-state index contributed by atoms with van der Waals surface area (Å²) >= 11 is 11.9. The number of esters is 1. The largest absolute Gasteiger partial charge is 0.465 e. The van der Waals surface area contributed by atoms with E-state index in [0.29, 0.717) is 26.9 Å². The molecule has 0 aliphatic carbocycles. The van der Waals surface area contributed by atoms with Crippen molar-refractivity contribution in [3.8, 4) is 0 Å². The van der Waals surface area contributed by atoms with Crippen LogP contribution in [0.4, 0.5) is 5.69 Å². The standard InChI is InChI=1S/C19H17Cl2NO3/c1-11-4-7-17(14(8-11)19(24)25-3)22-18(23)9-12(2)13-5-6-15(20)16(21)10-13/h4-10H,1-3H3,(H,22,23). The van der Waals surface area contributed by atoms with Crippen molar-refractivity contribution in [1.29, 1.82) is 0 Å². The van der Waals surface area contributed by atoms with Crippen LogP contribution in [0.15, 0.2) is 42.5 Å². The molecule has 2 aromatic rings. The molecule has 1 amide bonds. The van der Waals surface area contributed by atoms with Crippen LogP contribution in [0.5, 0.6) is 0 Å². The monoisotopic (exact) mass is 377 g/mol. The van der Waals surface area contributed by atoms with Gasteiger partial charge in [-0.15, -0.1) is 0 Å². The first-order chi connectivity index (χ1) is 11.8. The number of ether oxygens (including phenoxy) is 1. The Kier molecular flexibility index (Phi) is 6.23. The number of allylic oxidation sites excluding steroid dienone is 1. The molecule has 6 heteroatoms. The molecule has 0 saturated carbocycles. The fraction of sp³-hybridized carbons (Fsp3) is 0.158. The highest BCUT2D eigenvalue weighted by Gasteiger charge is 2.14. The molecule has 2 aromatic carbocycles. The van der Waals surface area contributed by atoms with Gasteiger partial charge in [0.05, 0.1) is 28.4 Å². The number of amides is 1. The first-order valence-electron chi connectivity index (χ1n) is 7.45. The van der Waals surface area contributed by atoms with Crippen molar-refractivity contribution in [3.05, 3.63) is 69.2 Å². The lowest BCUT2D eigenvalue weighted by atomic mass is 10.1. The lowest BCUT2D eigenvalue weighted by Gasteiger charge is -2.10. The highest BCUT2D eigenvalue weighted by atomic mass is 35.5. The predicted octanol–water partition coefficient (Wildman–Crippen LogP) is 5.13. The molecule has 0 saturated heterocycles. The Hall–Kier alpha value is -2.30. The summed E-state index contributed by atoms with van der Waals surface area (Å²) in [6.07, 6.45) is 1.43. The molecule has 2 rings (SSSR count). The van der Waals surface area contributed by atoms with Crippen molar-refractivity contribution in [1.82, 2.24) is 0 Å². The van der Waals surface area contributed by atoms with Crippen LogP contribution in [-0.2, 0) is 9.53 Å². The Balaban J connectivity index is 2.25. The number of carbonyl (C=O) groups is 2. The van der Waals surface area contributed by atoms with Crippen LogP contribution in [0, 0.1) is 6.92 Å².